The summed E-state index contributed by atoms with van der Waals surface area (Å²) in [7, 11) is 0. The van der Waals surface area contributed by atoms with Gasteiger partial charge in [0.2, 0.25) is 0 Å². The van der Waals surface area contributed by atoms with Gasteiger partial charge >= 0.3 is 11.9 Å². The van der Waals surface area contributed by atoms with Crippen LogP contribution in [0.1, 0.15) is 87.5 Å². The van der Waals surface area contributed by atoms with Crippen LogP contribution in [0.15, 0.2) is 11.6 Å². The largest absolute Gasteiger partial charge is 0.461 e. The highest BCUT2D eigenvalue weighted by molar-refractivity contribution is 5.91. The molecule has 0 spiro atoms. The molecule has 1 atom stereocenters. The number of ether oxygens (including phenoxy) is 2. The van der Waals surface area contributed by atoms with Gasteiger partial charge in [0.05, 0.1) is 5.41 Å². The van der Waals surface area contributed by atoms with Crippen LogP contribution in [0, 0.1) is 23.2 Å². The molecule has 1 rings (SSSR count). The number of esters is 2. The van der Waals surface area contributed by atoms with Crippen LogP contribution in [0.25, 0.3) is 0 Å². The quantitative estimate of drug-likeness (QED) is 0.380. The zero-order chi connectivity index (χ0) is 20.8. The van der Waals surface area contributed by atoms with Crippen molar-refractivity contribution in [2.24, 2.45) is 23.2 Å². The van der Waals surface area contributed by atoms with Crippen LogP contribution >= 0.6 is 0 Å². The Morgan fingerprint density at radius 3 is 2.19 bits per heavy atom. The number of hydrogen-bond acceptors (Lipinski definition) is 4. The Morgan fingerprint density at radius 2 is 1.74 bits per heavy atom. The zero-order valence-electron chi connectivity index (χ0n) is 18.7. The van der Waals surface area contributed by atoms with Gasteiger partial charge in [-0.05, 0) is 64.2 Å². The van der Waals surface area contributed by atoms with Gasteiger partial charge in [-0.2, -0.15) is 0 Å². The average molecular weight is 381 g/mol. The van der Waals surface area contributed by atoms with Crippen molar-refractivity contribution < 1.29 is 19.1 Å². The summed E-state index contributed by atoms with van der Waals surface area (Å²) in [6.07, 6.45) is 6.46. The molecule has 1 unspecified atom stereocenters. The van der Waals surface area contributed by atoms with Crippen molar-refractivity contribution >= 4 is 11.9 Å². The molecule has 1 saturated heterocycles. The fourth-order valence-electron chi connectivity index (χ4n) is 3.60. The van der Waals surface area contributed by atoms with Gasteiger partial charge in [-0.15, -0.1) is 0 Å². The summed E-state index contributed by atoms with van der Waals surface area (Å²) < 4.78 is 11.2. The number of hydrogen-bond donors (Lipinski definition) is 0. The molecule has 0 aromatic heterocycles. The Bertz CT molecular complexity index is 529. The molecule has 1 heterocycles. The van der Waals surface area contributed by atoms with Crippen LogP contribution in [-0.2, 0) is 19.1 Å². The lowest BCUT2D eigenvalue weighted by atomic mass is 9.86. The van der Waals surface area contributed by atoms with Crippen LogP contribution in [0.4, 0.5) is 0 Å². The van der Waals surface area contributed by atoms with Gasteiger partial charge in [0.25, 0.3) is 0 Å². The van der Waals surface area contributed by atoms with E-state index >= 15 is 0 Å². The first-order valence-corrected chi connectivity index (χ1v) is 10.5. The maximum atomic E-state index is 12.4. The van der Waals surface area contributed by atoms with Gasteiger partial charge in [0, 0.05) is 12.0 Å². The first-order chi connectivity index (χ1) is 12.4. The van der Waals surface area contributed by atoms with Gasteiger partial charge in [-0.25, -0.2) is 4.79 Å². The van der Waals surface area contributed by atoms with E-state index < -0.39 is 11.0 Å². The van der Waals surface area contributed by atoms with E-state index in [1.807, 2.05) is 27.7 Å². The van der Waals surface area contributed by atoms with Crippen molar-refractivity contribution in [3.8, 4) is 0 Å². The van der Waals surface area contributed by atoms with Crippen LogP contribution in [0.2, 0.25) is 0 Å². The molecule has 0 aromatic rings. The first-order valence-electron chi connectivity index (χ1n) is 10.5. The molecule has 0 amide bonds. The normalized spacial score (nSPS) is 22.2. The Hall–Kier alpha value is -1.32. The smallest absolute Gasteiger partial charge is 0.334 e. The molecule has 4 nitrogen and oxygen atoms in total. The molecule has 0 bridgehead atoms. The minimum absolute atomic E-state index is 0.129. The topological polar surface area (TPSA) is 52.6 Å². The fraction of sp³-hybridized carbons (Fsp3) is 0.826. The number of allylic oxidation sites excluding steroid dienone is 1. The van der Waals surface area contributed by atoms with E-state index in [1.165, 1.54) is 12.8 Å². The lowest BCUT2D eigenvalue weighted by Gasteiger charge is -2.27. The second kappa shape index (κ2) is 9.75. The van der Waals surface area contributed by atoms with Crippen LogP contribution in [-0.4, -0.2) is 24.1 Å². The van der Waals surface area contributed by atoms with Gasteiger partial charge in [0.1, 0.15) is 6.61 Å². The minimum Gasteiger partial charge on any atom is -0.461 e. The van der Waals surface area contributed by atoms with Gasteiger partial charge in [-0.1, -0.05) is 40.7 Å². The zero-order valence-corrected chi connectivity index (χ0v) is 18.7. The van der Waals surface area contributed by atoms with Crippen LogP contribution in [0.5, 0.6) is 0 Å². The summed E-state index contributed by atoms with van der Waals surface area (Å²) in [6.45, 7) is 16.6. The first kappa shape index (κ1) is 23.7. The van der Waals surface area contributed by atoms with E-state index in [2.05, 4.69) is 33.8 Å². The molecule has 0 saturated carbocycles. The summed E-state index contributed by atoms with van der Waals surface area (Å²) in [4.78, 5) is 24.5. The third kappa shape index (κ3) is 7.67. The van der Waals surface area contributed by atoms with Gasteiger partial charge in [0.15, 0.2) is 5.60 Å². The third-order valence-electron chi connectivity index (χ3n) is 5.11. The maximum absolute atomic E-state index is 12.4. The van der Waals surface area contributed by atoms with Crippen molar-refractivity contribution in [3.05, 3.63) is 11.6 Å². The summed E-state index contributed by atoms with van der Waals surface area (Å²) in [5.41, 5.74) is -0.534. The monoisotopic (exact) mass is 380 g/mol. The highest BCUT2D eigenvalue weighted by Gasteiger charge is 2.44. The Labute approximate surface area is 166 Å². The second-order valence-corrected chi connectivity index (χ2v) is 10.0. The lowest BCUT2D eigenvalue weighted by molar-refractivity contribution is -0.168. The van der Waals surface area contributed by atoms with Crippen molar-refractivity contribution in [1.82, 2.24) is 0 Å². The number of cyclic esters (lactones) is 1. The van der Waals surface area contributed by atoms with E-state index in [4.69, 9.17) is 9.47 Å². The van der Waals surface area contributed by atoms with E-state index in [1.54, 1.807) is 0 Å². The predicted molar refractivity (Wildman–Crippen MR) is 109 cm³/mol. The number of carbonyl (C=O) groups is 2. The molecule has 1 aliphatic heterocycles. The van der Waals surface area contributed by atoms with Crippen molar-refractivity contribution in [3.63, 3.8) is 0 Å². The van der Waals surface area contributed by atoms with Crippen LogP contribution in [0.3, 0.4) is 0 Å². The van der Waals surface area contributed by atoms with Crippen LogP contribution < -0.4 is 0 Å². The summed E-state index contributed by atoms with van der Waals surface area (Å²) in [6, 6.07) is 0. The summed E-state index contributed by atoms with van der Waals surface area (Å²) >= 11 is 0. The van der Waals surface area contributed by atoms with Crippen molar-refractivity contribution in [2.45, 2.75) is 93.1 Å². The highest BCUT2D eigenvalue weighted by Crippen LogP contribution is 2.36. The summed E-state index contributed by atoms with van der Waals surface area (Å²) in [5.74, 6) is 1.36. The number of rotatable bonds is 9. The third-order valence-corrected chi connectivity index (χ3v) is 5.11. The predicted octanol–water partition coefficient (Wildman–Crippen LogP) is 5.70. The molecule has 1 fully saturated rings. The van der Waals surface area contributed by atoms with E-state index in [-0.39, 0.29) is 18.5 Å². The molecule has 156 valence electrons. The van der Waals surface area contributed by atoms with Crippen molar-refractivity contribution in [2.75, 3.05) is 6.61 Å². The average Bonchev–Trinajstić information content (AvgIpc) is 2.85. The fourth-order valence-corrected chi connectivity index (χ4v) is 3.60. The molecule has 0 radical (unpaired) electrons. The second-order valence-electron chi connectivity index (χ2n) is 10.0. The standard InChI is InChI=1S/C23H40O4/c1-9-23(15-26-21(25)22(6,7)8)14-19(20(24)27-23)11-10-18(12-16(2)3)13-17(4)5/h11,16-18H,9-10,12-15H2,1-8H3/b19-11-. The van der Waals surface area contributed by atoms with E-state index in [9.17, 15) is 9.59 Å². The molecule has 27 heavy (non-hydrogen) atoms. The minimum atomic E-state index is -0.713. The Balaban J connectivity index is 2.78. The lowest BCUT2D eigenvalue weighted by Crippen LogP contribution is -2.37. The van der Waals surface area contributed by atoms with Crippen molar-refractivity contribution in [1.29, 1.82) is 0 Å². The Morgan fingerprint density at radius 1 is 1.19 bits per heavy atom. The van der Waals surface area contributed by atoms with E-state index in [0.717, 1.165) is 12.0 Å². The molecule has 0 N–H and O–H groups in total. The van der Waals surface area contributed by atoms with E-state index in [0.29, 0.717) is 30.6 Å². The SMILES string of the molecule is CCC1(COC(=O)C(C)(C)C)C/C(=C/CC(CC(C)C)CC(C)C)C(=O)O1. The number of carbonyl (C=O) groups excluding carboxylic acids is 2. The maximum Gasteiger partial charge on any atom is 0.334 e. The molecule has 1 aliphatic rings. The molecule has 0 aromatic carbocycles. The summed E-state index contributed by atoms with van der Waals surface area (Å²) in [5, 5.41) is 0. The molecule has 0 aliphatic carbocycles. The van der Waals surface area contributed by atoms with Gasteiger partial charge in [-0.3, -0.25) is 4.79 Å². The molecular weight excluding hydrogens is 340 g/mol. The van der Waals surface area contributed by atoms with Gasteiger partial charge < -0.3 is 9.47 Å². The highest BCUT2D eigenvalue weighted by atomic mass is 16.6. The molecular formula is C23H40O4. The molecule has 4 heteroatoms. The Kier molecular flexibility index (Phi) is 8.56.